The summed E-state index contributed by atoms with van der Waals surface area (Å²) in [5, 5.41) is 0. The molecule has 1 spiro atoms. The second-order valence-electron chi connectivity index (χ2n) is 10.9. The molecular weight excluding hydrogens is 362 g/mol. The van der Waals surface area contributed by atoms with Crippen LogP contribution < -0.4 is 4.74 Å². The lowest BCUT2D eigenvalue weighted by Gasteiger charge is -2.57. The fourth-order valence-corrected chi connectivity index (χ4v) is 7.71. The van der Waals surface area contributed by atoms with Crippen LogP contribution in [-0.4, -0.2) is 35.3 Å². The number of hydrogen-bond acceptors (Lipinski definition) is 3. The highest BCUT2D eigenvalue weighted by Crippen LogP contribution is 2.60. The average molecular weight is 394 g/mol. The number of ketones is 1. The van der Waals surface area contributed by atoms with Gasteiger partial charge >= 0.3 is 0 Å². The minimum absolute atomic E-state index is 0.0629. The third-order valence-corrected chi connectivity index (χ3v) is 8.70. The number of amides is 1. The predicted octanol–water partition coefficient (Wildman–Crippen LogP) is 4.54. The summed E-state index contributed by atoms with van der Waals surface area (Å²) >= 11 is 0. The summed E-state index contributed by atoms with van der Waals surface area (Å²) in [5.41, 5.74) is 1.33. The minimum atomic E-state index is -0.419. The minimum Gasteiger partial charge on any atom is -0.486 e. The molecule has 4 bridgehead atoms. The summed E-state index contributed by atoms with van der Waals surface area (Å²) < 4.78 is 6.40. The number of ether oxygens (including phenoxy) is 1. The average Bonchev–Trinajstić information content (AvgIpc) is 2.68. The van der Waals surface area contributed by atoms with Crippen LogP contribution in [0.15, 0.2) is 18.2 Å². The van der Waals surface area contributed by atoms with Gasteiger partial charge in [-0.2, -0.15) is 0 Å². The van der Waals surface area contributed by atoms with Crippen LogP contribution >= 0.6 is 0 Å². The van der Waals surface area contributed by atoms with E-state index >= 15 is 0 Å². The molecule has 0 unspecified atom stereocenters. The molecule has 154 valence electrons. The Hall–Kier alpha value is -1.84. The smallest absolute Gasteiger partial charge is 0.228 e. The van der Waals surface area contributed by atoms with E-state index in [1.807, 2.05) is 25.1 Å². The first kappa shape index (κ1) is 18.0. The van der Waals surface area contributed by atoms with Crippen LogP contribution in [0, 0.1) is 30.1 Å². The lowest BCUT2D eigenvalue weighted by Crippen LogP contribution is -2.58. The molecule has 29 heavy (non-hydrogen) atoms. The van der Waals surface area contributed by atoms with Gasteiger partial charge in [0.25, 0.3) is 0 Å². The summed E-state index contributed by atoms with van der Waals surface area (Å²) in [4.78, 5) is 28.6. The lowest BCUT2D eigenvalue weighted by atomic mass is 9.49. The summed E-state index contributed by atoms with van der Waals surface area (Å²) in [6.07, 6.45) is 9.46. The largest absolute Gasteiger partial charge is 0.486 e. The van der Waals surface area contributed by atoms with Crippen molar-refractivity contribution in [2.24, 2.45) is 23.2 Å². The number of nitrogens with zero attached hydrogens (tertiary/aromatic N) is 1. The van der Waals surface area contributed by atoms with Crippen molar-refractivity contribution in [2.45, 2.75) is 70.3 Å². The molecule has 4 aliphatic carbocycles. The van der Waals surface area contributed by atoms with Crippen molar-refractivity contribution in [2.75, 3.05) is 13.1 Å². The number of carbonyl (C=O) groups excluding carboxylic acids is 2. The van der Waals surface area contributed by atoms with Gasteiger partial charge in [-0.25, -0.2) is 0 Å². The first-order chi connectivity index (χ1) is 13.9. The van der Waals surface area contributed by atoms with Gasteiger partial charge in [0, 0.05) is 25.9 Å². The first-order valence-corrected chi connectivity index (χ1v) is 11.6. The molecule has 4 saturated carbocycles. The van der Waals surface area contributed by atoms with E-state index < -0.39 is 5.60 Å². The van der Waals surface area contributed by atoms with E-state index in [1.54, 1.807) is 0 Å². The van der Waals surface area contributed by atoms with Crippen molar-refractivity contribution < 1.29 is 14.3 Å². The van der Waals surface area contributed by atoms with E-state index in [9.17, 15) is 9.59 Å². The van der Waals surface area contributed by atoms with Gasteiger partial charge in [-0.3, -0.25) is 9.59 Å². The molecular formula is C25H31NO3. The van der Waals surface area contributed by atoms with Gasteiger partial charge in [-0.05, 0) is 75.3 Å². The maximum atomic E-state index is 13.6. The number of piperidine rings is 1. The topological polar surface area (TPSA) is 46.6 Å². The zero-order chi connectivity index (χ0) is 19.8. The lowest BCUT2D eigenvalue weighted by molar-refractivity contribution is -0.161. The predicted molar refractivity (Wildman–Crippen MR) is 110 cm³/mol. The molecule has 1 aromatic carbocycles. The Morgan fingerprint density at radius 2 is 1.66 bits per heavy atom. The Morgan fingerprint density at radius 1 is 1.03 bits per heavy atom. The van der Waals surface area contributed by atoms with Crippen LogP contribution in [0.4, 0.5) is 0 Å². The number of benzene rings is 1. The van der Waals surface area contributed by atoms with Crippen LogP contribution in [-0.2, 0) is 4.79 Å². The van der Waals surface area contributed by atoms with Gasteiger partial charge in [0.05, 0.1) is 17.4 Å². The summed E-state index contributed by atoms with van der Waals surface area (Å²) in [7, 11) is 0. The first-order valence-electron chi connectivity index (χ1n) is 11.6. The second-order valence-corrected chi connectivity index (χ2v) is 10.9. The number of hydrogen-bond donors (Lipinski definition) is 0. The normalized spacial score (nSPS) is 36.8. The zero-order valence-electron chi connectivity index (χ0n) is 17.4. The molecule has 4 nitrogen and oxygen atoms in total. The van der Waals surface area contributed by atoms with Crippen LogP contribution in [0.5, 0.6) is 5.75 Å². The number of Topliss-reactive ketones (excluding diaryl/α,β-unsaturated/α-hetero) is 1. The van der Waals surface area contributed by atoms with Crippen molar-refractivity contribution in [1.82, 2.24) is 4.90 Å². The fourth-order valence-electron chi connectivity index (χ4n) is 7.71. The third-order valence-electron chi connectivity index (χ3n) is 8.70. The highest BCUT2D eigenvalue weighted by molar-refractivity contribution is 6.00. The molecule has 7 rings (SSSR count). The SMILES string of the molecule is Cc1ccc2c(c1)C(=O)CC1(CCN(C(=O)C34CC5CC(CC(C5)C3)C4)CC1)O2. The van der Waals surface area contributed by atoms with Gasteiger partial charge in [0.2, 0.25) is 5.91 Å². The monoisotopic (exact) mass is 393 g/mol. The van der Waals surface area contributed by atoms with Crippen LogP contribution in [0.1, 0.15) is 73.7 Å². The van der Waals surface area contributed by atoms with Crippen molar-refractivity contribution >= 4 is 11.7 Å². The fraction of sp³-hybridized carbons (Fsp3) is 0.680. The van der Waals surface area contributed by atoms with E-state index in [-0.39, 0.29) is 11.2 Å². The van der Waals surface area contributed by atoms with Crippen molar-refractivity contribution in [3.8, 4) is 5.75 Å². The number of fused-ring (bicyclic) bond motifs is 1. The Balaban J connectivity index is 1.18. The van der Waals surface area contributed by atoms with Gasteiger partial charge in [-0.1, -0.05) is 11.6 Å². The van der Waals surface area contributed by atoms with Crippen molar-refractivity contribution in [3.05, 3.63) is 29.3 Å². The molecule has 4 heteroatoms. The Kier molecular flexibility index (Phi) is 3.77. The number of likely N-dealkylation sites (tertiary alicyclic amines) is 1. The molecule has 6 aliphatic rings. The molecule has 0 radical (unpaired) electrons. The molecule has 2 heterocycles. The Morgan fingerprint density at radius 3 is 2.28 bits per heavy atom. The molecule has 1 saturated heterocycles. The summed E-state index contributed by atoms with van der Waals surface area (Å²) in [5.74, 6) is 3.72. The van der Waals surface area contributed by atoms with Crippen LogP contribution in [0.3, 0.4) is 0 Å². The van der Waals surface area contributed by atoms with Crippen molar-refractivity contribution in [1.29, 1.82) is 0 Å². The van der Waals surface area contributed by atoms with Gasteiger partial charge < -0.3 is 9.64 Å². The standard InChI is InChI=1S/C25H31NO3/c1-16-2-3-22-20(8-16)21(27)15-25(29-22)4-6-26(7-5-25)23(28)24-12-17-9-18(13-24)11-19(10-17)14-24/h2-3,8,17-19H,4-7,9-15H2,1H3. The third kappa shape index (κ3) is 2.78. The van der Waals surface area contributed by atoms with Gasteiger partial charge in [-0.15, -0.1) is 0 Å². The van der Waals surface area contributed by atoms with Gasteiger partial charge in [0.15, 0.2) is 5.78 Å². The quantitative estimate of drug-likeness (QED) is 0.704. The number of aryl methyl sites for hydroxylation is 1. The maximum Gasteiger partial charge on any atom is 0.228 e. The molecule has 0 atom stereocenters. The summed E-state index contributed by atoms with van der Waals surface area (Å²) in [6.45, 7) is 3.47. The van der Waals surface area contributed by atoms with Crippen molar-refractivity contribution in [3.63, 3.8) is 0 Å². The highest BCUT2D eigenvalue weighted by atomic mass is 16.5. The van der Waals surface area contributed by atoms with Gasteiger partial charge in [0.1, 0.15) is 11.4 Å². The Bertz CT molecular complexity index is 845. The maximum absolute atomic E-state index is 13.6. The molecule has 2 aliphatic heterocycles. The zero-order valence-corrected chi connectivity index (χ0v) is 17.4. The Labute approximate surface area is 173 Å². The van der Waals surface area contributed by atoms with E-state index in [2.05, 4.69) is 4.90 Å². The molecule has 1 aromatic rings. The van der Waals surface area contributed by atoms with E-state index in [4.69, 9.17) is 4.74 Å². The van der Waals surface area contributed by atoms with Crippen LogP contribution in [0.25, 0.3) is 0 Å². The number of rotatable bonds is 1. The molecule has 0 aromatic heterocycles. The highest BCUT2D eigenvalue weighted by Gasteiger charge is 2.56. The number of carbonyl (C=O) groups is 2. The van der Waals surface area contributed by atoms with E-state index in [0.29, 0.717) is 12.3 Å². The van der Waals surface area contributed by atoms with Crippen LogP contribution in [0.2, 0.25) is 0 Å². The second kappa shape index (κ2) is 6.09. The molecule has 0 N–H and O–H groups in total. The van der Waals surface area contributed by atoms with E-state index in [0.717, 1.165) is 79.8 Å². The molecule has 1 amide bonds. The van der Waals surface area contributed by atoms with E-state index in [1.165, 1.54) is 19.3 Å². The summed E-state index contributed by atoms with van der Waals surface area (Å²) in [6, 6.07) is 5.89. The molecule has 5 fully saturated rings.